The highest BCUT2D eigenvalue weighted by Gasteiger charge is 1.85. The summed E-state index contributed by atoms with van der Waals surface area (Å²) in [5, 5.41) is 0. The average molecular weight is 180 g/mol. The van der Waals surface area contributed by atoms with Crippen LogP contribution in [0.1, 0.15) is 58.3 Å². The Hall–Kier alpha value is -0.520. The van der Waals surface area contributed by atoms with Crippen molar-refractivity contribution in [1.82, 2.24) is 0 Å². The van der Waals surface area contributed by atoms with Crippen molar-refractivity contribution in [3.8, 4) is 0 Å². The van der Waals surface area contributed by atoms with Crippen LogP contribution in [0.5, 0.6) is 0 Å². The maximum atomic E-state index is 3.69. The van der Waals surface area contributed by atoms with Crippen molar-refractivity contribution < 1.29 is 0 Å². The van der Waals surface area contributed by atoms with Gasteiger partial charge in [0.05, 0.1) is 0 Å². The van der Waals surface area contributed by atoms with E-state index in [-0.39, 0.29) is 0 Å². The molecular formula is C13H24. The van der Waals surface area contributed by atoms with Crippen LogP contribution in [0, 0.1) is 0 Å². The maximum Gasteiger partial charge on any atom is -0.0316 e. The number of allylic oxidation sites excluding steroid dienone is 3. The van der Waals surface area contributed by atoms with Gasteiger partial charge < -0.3 is 0 Å². The standard InChI is InChI=1S/C13H24/c1-3-5-7-9-11-13-12-10-8-6-4-2/h3,9,11H,1,4-8,10,12-13H2,2H3/b11-9+. The van der Waals surface area contributed by atoms with E-state index >= 15 is 0 Å². The predicted molar refractivity (Wildman–Crippen MR) is 61.9 cm³/mol. The molecular weight excluding hydrogens is 156 g/mol. The monoisotopic (exact) mass is 180 g/mol. The zero-order valence-electron chi connectivity index (χ0n) is 9.10. The molecule has 13 heavy (non-hydrogen) atoms. The van der Waals surface area contributed by atoms with Gasteiger partial charge in [-0.2, -0.15) is 0 Å². The fourth-order valence-electron chi connectivity index (χ4n) is 1.32. The third kappa shape index (κ3) is 11.5. The normalized spacial score (nSPS) is 10.8. The molecule has 0 heterocycles. The van der Waals surface area contributed by atoms with E-state index in [4.69, 9.17) is 0 Å². The second kappa shape index (κ2) is 11.5. The molecule has 0 aliphatic rings. The fourth-order valence-corrected chi connectivity index (χ4v) is 1.32. The van der Waals surface area contributed by atoms with Crippen molar-refractivity contribution >= 4 is 0 Å². The molecule has 0 saturated heterocycles. The van der Waals surface area contributed by atoms with Crippen LogP contribution >= 0.6 is 0 Å². The first kappa shape index (κ1) is 12.5. The van der Waals surface area contributed by atoms with E-state index in [1.807, 2.05) is 6.08 Å². The summed E-state index contributed by atoms with van der Waals surface area (Å²) in [5.74, 6) is 0. The Balaban J connectivity index is 2.97. The van der Waals surface area contributed by atoms with Crippen LogP contribution in [0.4, 0.5) is 0 Å². The Labute approximate surface area is 83.7 Å². The first-order valence-electron chi connectivity index (χ1n) is 5.67. The van der Waals surface area contributed by atoms with Crippen molar-refractivity contribution in [2.24, 2.45) is 0 Å². The Kier molecular flexibility index (Phi) is 11.0. The number of unbranched alkanes of at least 4 members (excludes halogenated alkanes) is 6. The molecule has 0 saturated carbocycles. The van der Waals surface area contributed by atoms with Gasteiger partial charge in [-0.05, 0) is 25.7 Å². The second-order valence-electron chi connectivity index (χ2n) is 3.54. The molecule has 76 valence electrons. The lowest BCUT2D eigenvalue weighted by Crippen LogP contribution is -1.75. The summed E-state index contributed by atoms with van der Waals surface area (Å²) in [4.78, 5) is 0. The third-order valence-corrected chi connectivity index (χ3v) is 2.18. The Morgan fingerprint density at radius 2 is 1.54 bits per heavy atom. The first-order valence-corrected chi connectivity index (χ1v) is 5.67. The first-order chi connectivity index (χ1) is 6.41. The molecule has 0 unspecified atom stereocenters. The molecule has 0 heteroatoms. The van der Waals surface area contributed by atoms with Gasteiger partial charge in [0.15, 0.2) is 0 Å². The molecule has 0 rings (SSSR count). The molecule has 0 radical (unpaired) electrons. The van der Waals surface area contributed by atoms with Crippen molar-refractivity contribution in [2.75, 3.05) is 0 Å². The quantitative estimate of drug-likeness (QED) is 0.351. The number of hydrogen-bond acceptors (Lipinski definition) is 0. The molecule has 0 N–H and O–H groups in total. The summed E-state index contributed by atoms with van der Waals surface area (Å²) in [7, 11) is 0. The second-order valence-corrected chi connectivity index (χ2v) is 3.54. The third-order valence-electron chi connectivity index (χ3n) is 2.18. The topological polar surface area (TPSA) is 0 Å². The lowest BCUT2D eigenvalue weighted by Gasteiger charge is -1.95. The fraction of sp³-hybridized carbons (Fsp3) is 0.692. The Morgan fingerprint density at radius 3 is 2.23 bits per heavy atom. The molecule has 0 nitrogen and oxygen atoms in total. The van der Waals surface area contributed by atoms with E-state index in [1.165, 1.54) is 44.9 Å². The highest BCUT2D eigenvalue weighted by Crippen LogP contribution is 2.05. The van der Waals surface area contributed by atoms with Gasteiger partial charge in [0.2, 0.25) is 0 Å². The summed E-state index contributed by atoms with van der Waals surface area (Å²) in [5.41, 5.74) is 0. The molecule has 0 bridgehead atoms. The van der Waals surface area contributed by atoms with Crippen molar-refractivity contribution in [3.05, 3.63) is 24.8 Å². The molecule has 0 aromatic rings. The molecule has 0 aliphatic carbocycles. The zero-order valence-corrected chi connectivity index (χ0v) is 9.10. The van der Waals surface area contributed by atoms with Gasteiger partial charge in [-0.1, -0.05) is 50.8 Å². The molecule has 0 spiro atoms. The van der Waals surface area contributed by atoms with Gasteiger partial charge in [-0.25, -0.2) is 0 Å². The van der Waals surface area contributed by atoms with Gasteiger partial charge in [0.25, 0.3) is 0 Å². The molecule has 0 aromatic carbocycles. The van der Waals surface area contributed by atoms with Crippen LogP contribution in [-0.4, -0.2) is 0 Å². The minimum absolute atomic E-state index is 1.12. The Bertz CT molecular complexity index is 122. The average Bonchev–Trinajstić information content (AvgIpc) is 2.16. The molecule has 0 aromatic heterocycles. The van der Waals surface area contributed by atoms with Crippen LogP contribution < -0.4 is 0 Å². The zero-order chi connectivity index (χ0) is 9.78. The minimum atomic E-state index is 1.12. The predicted octanol–water partition coefficient (Wildman–Crippen LogP) is 4.87. The smallest absolute Gasteiger partial charge is 0.0316 e. The van der Waals surface area contributed by atoms with Crippen molar-refractivity contribution in [2.45, 2.75) is 58.3 Å². The Morgan fingerprint density at radius 1 is 0.846 bits per heavy atom. The molecule has 0 aliphatic heterocycles. The van der Waals surface area contributed by atoms with E-state index in [1.54, 1.807) is 0 Å². The largest absolute Gasteiger partial charge is 0.103 e. The van der Waals surface area contributed by atoms with Crippen LogP contribution in [0.25, 0.3) is 0 Å². The summed E-state index contributed by atoms with van der Waals surface area (Å²) >= 11 is 0. The number of rotatable bonds is 9. The summed E-state index contributed by atoms with van der Waals surface area (Å²) in [6.45, 7) is 5.95. The van der Waals surface area contributed by atoms with E-state index in [0.717, 1.165) is 6.42 Å². The lowest BCUT2D eigenvalue weighted by molar-refractivity contribution is 0.637. The van der Waals surface area contributed by atoms with Crippen molar-refractivity contribution in [3.63, 3.8) is 0 Å². The van der Waals surface area contributed by atoms with E-state index < -0.39 is 0 Å². The summed E-state index contributed by atoms with van der Waals surface area (Å²) in [6, 6.07) is 0. The molecule has 0 amide bonds. The van der Waals surface area contributed by atoms with Crippen LogP contribution in [-0.2, 0) is 0 Å². The molecule has 0 fully saturated rings. The van der Waals surface area contributed by atoms with E-state index in [0.29, 0.717) is 0 Å². The van der Waals surface area contributed by atoms with Crippen LogP contribution in [0.2, 0.25) is 0 Å². The van der Waals surface area contributed by atoms with E-state index in [2.05, 4.69) is 25.7 Å². The molecule has 0 atom stereocenters. The lowest BCUT2D eigenvalue weighted by atomic mass is 10.1. The maximum absolute atomic E-state index is 3.69. The van der Waals surface area contributed by atoms with Gasteiger partial charge in [0, 0.05) is 0 Å². The van der Waals surface area contributed by atoms with Gasteiger partial charge >= 0.3 is 0 Å². The summed E-state index contributed by atoms with van der Waals surface area (Å²) < 4.78 is 0. The minimum Gasteiger partial charge on any atom is -0.103 e. The summed E-state index contributed by atoms with van der Waals surface area (Å²) in [6.07, 6.45) is 17.0. The highest BCUT2D eigenvalue weighted by molar-refractivity contribution is 4.84. The van der Waals surface area contributed by atoms with Gasteiger partial charge in [-0.15, -0.1) is 6.58 Å². The SMILES string of the molecule is C=CCC/C=C/CCCCCCC. The number of hydrogen-bond donors (Lipinski definition) is 0. The van der Waals surface area contributed by atoms with Crippen molar-refractivity contribution in [1.29, 1.82) is 0 Å². The van der Waals surface area contributed by atoms with E-state index in [9.17, 15) is 0 Å². The van der Waals surface area contributed by atoms with Gasteiger partial charge in [0.1, 0.15) is 0 Å². The highest BCUT2D eigenvalue weighted by atomic mass is 13.9. The van der Waals surface area contributed by atoms with Gasteiger partial charge in [-0.3, -0.25) is 0 Å². The van der Waals surface area contributed by atoms with Crippen LogP contribution in [0.3, 0.4) is 0 Å². The van der Waals surface area contributed by atoms with Crippen LogP contribution in [0.15, 0.2) is 24.8 Å².